The molecular formula is C15H26FN3. The predicted octanol–water partition coefficient (Wildman–Crippen LogP) is 2.49. The van der Waals surface area contributed by atoms with Crippen LogP contribution in [0.4, 0.5) is 10.1 Å². The van der Waals surface area contributed by atoms with Gasteiger partial charge in [0.05, 0.1) is 5.69 Å². The second-order valence-corrected chi connectivity index (χ2v) is 5.18. The van der Waals surface area contributed by atoms with E-state index in [1.165, 1.54) is 6.07 Å². The van der Waals surface area contributed by atoms with E-state index in [9.17, 15) is 4.39 Å². The molecule has 0 saturated carbocycles. The number of nitrogens with one attached hydrogen (secondary N) is 1. The molecular weight excluding hydrogens is 241 g/mol. The quantitative estimate of drug-likeness (QED) is 0.819. The highest BCUT2D eigenvalue weighted by molar-refractivity contribution is 5.55. The summed E-state index contributed by atoms with van der Waals surface area (Å²) >= 11 is 0. The van der Waals surface area contributed by atoms with Crippen LogP contribution in [0.1, 0.15) is 25.5 Å². The Morgan fingerprint density at radius 1 is 1.21 bits per heavy atom. The van der Waals surface area contributed by atoms with Crippen LogP contribution < -0.4 is 10.2 Å². The van der Waals surface area contributed by atoms with Crippen LogP contribution >= 0.6 is 0 Å². The maximum atomic E-state index is 14.1. The van der Waals surface area contributed by atoms with E-state index < -0.39 is 0 Å². The topological polar surface area (TPSA) is 18.5 Å². The highest BCUT2D eigenvalue weighted by Gasteiger charge is 2.16. The number of nitrogens with zero attached hydrogens (tertiary/aromatic N) is 2. The SMILES string of the molecule is CCNC(C)c1cccc(F)c1N(C)CCN(C)C. The first-order valence-electron chi connectivity index (χ1n) is 6.85. The van der Waals surface area contributed by atoms with Crippen molar-refractivity contribution in [3.05, 3.63) is 29.6 Å². The molecule has 1 rings (SSSR count). The predicted molar refractivity (Wildman–Crippen MR) is 80.3 cm³/mol. The second-order valence-electron chi connectivity index (χ2n) is 5.18. The van der Waals surface area contributed by atoms with Crippen LogP contribution in [0.3, 0.4) is 0 Å². The summed E-state index contributed by atoms with van der Waals surface area (Å²) < 4.78 is 14.1. The van der Waals surface area contributed by atoms with E-state index in [0.717, 1.165) is 25.2 Å². The first-order chi connectivity index (χ1) is 8.97. The van der Waals surface area contributed by atoms with Gasteiger partial charge in [-0.3, -0.25) is 0 Å². The Kier molecular flexibility index (Phi) is 6.25. The molecule has 0 aliphatic carbocycles. The van der Waals surface area contributed by atoms with Crippen LogP contribution in [0.2, 0.25) is 0 Å². The van der Waals surface area contributed by atoms with Gasteiger partial charge in [0.25, 0.3) is 0 Å². The van der Waals surface area contributed by atoms with Gasteiger partial charge in [-0.25, -0.2) is 4.39 Å². The lowest BCUT2D eigenvalue weighted by Crippen LogP contribution is -2.31. The molecule has 0 aliphatic heterocycles. The van der Waals surface area contributed by atoms with Crippen molar-refractivity contribution in [2.75, 3.05) is 45.7 Å². The Hall–Kier alpha value is -1.13. The van der Waals surface area contributed by atoms with Crippen LogP contribution in [0.25, 0.3) is 0 Å². The molecule has 1 atom stereocenters. The zero-order valence-electron chi connectivity index (χ0n) is 12.7. The Labute approximate surface area is 116 Å². The van der Waals surface area contributed by atoms with Gasteiger partial charge in [0.2, 0.25) is 0 Å². The third-order valence-corrected chi connectivity index (χ3v) is 3.26. The van der Waals surface area contributed by atoms with Crippen molar-refractivity contribution in [3.8, 4) is 0 Å². The van der Waals surface area contributed by atoms with E-state index in [4.69, 9.17) is 0 Å². The Morgan fingerprint density at radius 3 is 2.47 bits per heavy atom. The van der Waals surface area contributed by atoms with Crippen LogP contribution in [-0.4, -0.2) is 45.7 Å². The molecule has 0 fully saturated rings. The highest BCUT2D eigenvalue weighted by Crippen LogP contribution is 2.28. The van der Waals surface area contributed by atoms with Gasteiger partial charge in [0.1, 0.15) is 5.82 Å². The van der Waals surface area contributed by atoms with Crippen LogP contribution in [-0.2, 0) is 0 Å². The van der Waals surface area contributed by atoms with Crippen molar-refractivity contribution in [1.29, 1.82) is 0 Å². The molecule has 0 amide bonds. The summed E-state index contributed by atoms with van der Waals surface area (Å²) in [6.07, 6.45) is 0. The Morgan fingerprint density at radius 2 is 1.89 bits per heavy atom. The van der Waals surface area contributed by atoms with Gasteiger partial charge in [-0.15, -0.1) is 0 Å². The van der Waals surface area contributed by atoms with E-state index in [1.807, 2.05) is 32.1 Å². The number of rotatable bonds is 7. The summed E-state index contributed by atoms with van der Waals surface area (Å²) in [5.41, 5.74) is 1.72. The van der Waals surface area contributed by atoms with E-state index >= 15 is 0 Å². The maximum absolute atomic E-state index is 14.1. The third-order valence-electron chi connectivity index (χ3n) is 3.26. The normalized spacial score (nSPS) is 12.8. The van der Waals surface area contributed by atoms with Gasteiger partial charge < -0.3 is 15.1 Å². The zero-order chi connectivity index (χ0) is 14.4. The summed E-state index contributed by atoms with van der Waals surface area (Å²) in [5, 5.41) is 3.35. The zero-order valence-corrected chi connectivity index (χ0v) is 12.7. The minimum Gasteiger partial charge on any atom is -0.371 e. The number of hydrogen-bond acceptors (Lipinski definition) is 3. The van der Waals surface area contributed by atoms with Gasteiger partial charge >= 0.3 is 0 Å². The van der Waals surface area contributed by atoms with Gasteiger partial charge in [-0.05, 0) is 39.2 Å². The lowest BCUT2D eigenvalue weighted by molar-refractivity contribution is 0.415. The van der Waals surface area contributed by atoms with Crippen molar-refractivity contribution < 1.29 is 4.39 Å². The first kappa shape index (κ1) is 15.9. The maximum Gasteiger partial charge on any atom is 0.146 e. The fourth-order valence-electron chi connectivity index (χ4n) is 2.16. The van der Waals surface area contributed by atoms with Gasteiger partial charge in [-0.2, -0.15) is 0 Å². The molecule has 4 heteroatoms. The van der Waals surface area contributed by atoms with Crippen molar-refractivity contribution in [2.45, 2.75) is 19.9 Å². The van der Waals surface area contributed by atoms with Gasteiger partial charge in [0.15, 0.2) is 0 Å². The van der Waals surface area contributed by atoms with Crippen molar-refractivity contribution in [1.82, 2.24) is 10.2 Å². The molecule has 108 valence electrons. The van der Waals surface area contributed by atoms with E-state index in [0.29, 0.717) is 5.69 Å². The van der Waals surface area contributed by atoms with Crippen LogP contribution in [0.15, 0.2) is 18.2 Å². The average Bonchev–Trinajstić information content (AvgIpc) is 2.35. The van der Waals surface area contributed by atoms with Crippen molar-refractivity contribution >= 4 is 5.69 Å². The standard InChI is InChI=1S/C15H26FN3/c1-6-17-12(2)13-8-7-9-14(16)15(13)19(5)11-10-18(3)4/h7-9,12,17H,6,10-11H2,1-5H3. The number of para-hydroxylation sites is 1. The summed E-state index contributed by atoms with van der Waals surface area (Å²) in [5.74, 6) is -0.150. The second kappa shape index (κ2) is 7.46. The molecule has 0 aliphatic rings. The fraction of sp³-hybridized carbons (Fsp3) is 0.600. The molecule has 3 nitrogen and oxygen atoms in total. The molecule has 0 bridgehead atoms. The minimum absolute atomic E-state index is 0.150. The first-order valence-corrected chi connectivity index (χ1v) is 6.85. The van der Waals surface area contributed by atoms with Gasteiger partial charge in [-0.1, -0.05) is 19.1 Å². The Bertz CT molecular complexity index is 393. The lowest BCUT2D eigenvalue weighted by Gasteiger charge is -2.27. The summed E-state index contributed by atoms with van der Waals surface area (Å²) in [6.45, 7) is 6.71. The third kappa shape index (κ3) is 4.48. The average molecular weight is 267 g/mol. The molecule has 0 saturated heterocycles. The molecule has 1 aromatic carbocycles. The Balaban J connectivity index is 2.96. The molecule has 0 heterocycles. The van der Waals surface area contributed by atoms with E-state index in [2.05, 4.69) is 24.1 Å². The van der Waals surface area contributed by atoms with E-state index in [1.54, 1.807) is 6.07 Å². The molecule has 0 aromatic heterocycles. The number of likely N-dealkylation sites (N-methyl/N-ethyl adjacent to an activating group) is 2. The van der Waals surface area contributed by atoms with Crippen molar-refractivity contribution in [2.24, 2.45) is 0 Å². The molecule has 0 spiro atoms. The summed E-state index contributed by atoms with van der Waals surface area (Å²) in [4.78, 5) is 4.10. The number of halogens is 1. The number of benzene rings is 1. The summed E-state index contributed by atoms with van der Waals surface area (Å²) in [6, 6.07) is 5.46. The molecule has 19 heavy (non-hydrogen) atoms. The van der Waals surface area contributed by atoms with Crippen LogP contribution in [0.5, 0.6) is 0 Å². The highest BCUT2D eigenvalue weighted by atomic mass is 19.1. The molecule has 1 unspecified atom stereocenters. The molecule has 0 radical (unpaired) electrons. The largest absolute Gasteiger partial charge is 0.371 e. The smallest absolute Gasteiger partial charge is 0.146 e. The van der Waals surface area contributed by atoms with E-state index in [-0.39, 0.29) is 11.9 Å². The lowest BCUT2D eigenvalue weighted by atomic mass is 10.0. The molecule has 1 aromatic rings. The van der Waals surface area contributed by atoms with Gasteiger partial charge in [0, 0.05) is 26.2 Å². The molecule has 1 N–H and O–H groups in total. The minimum atomic E-state index is -0.150. The van der Waals surface area contributed by atoms with Crippen molar-refractivity contribution in [3.63, 3.8) is 0 Å². The number of hydrogen-bond donors (Lipinski definition) is 1. The monoisotopic (exact) mass is 267 g/mol. The van der Waals surface area contributed by atoms with Crippen LogP contribution in [0, 0.1) is 5.82 Å². The fourth-order valence-corrected chi connectivity index (χ4v) is 2.16. The number of anilines is 1. The summed E-state index contributed by atoms with van der Waals surface area (Å²) in [7, 11) is 6.00.